The van der Waals surface area contributed by atoms with Crippen LogP contribution in [-0.2, 0) is 20.9 Å². The van der Waals surface area contributed by atoms with Gasteiger partial charge in [-0.2, -0.15) is 0 Å². The van der Waals surface area contributed by atoms with Crippen molar-refractivity contribution in [1.29, 1.82) is 0 Å². The highest BCUT2D eigenvalue weighted by molar-refractivity contribution is 8.00. The number of carbonyl (C=O) groups excluding carboxylic acids is 2. The number of benzene rings is 1. The second-order valence-electron chi connectivity index (χ2n) is 8.89. The first-order chi connectivity index (χ1) is 15.0. The molecule has 1 saturated carbocycles. The molecule has 2 fully saturated rings. The van der Waals surface area contributed by atoms with Crippen molar-refractivity contribution in [2.24, 2.45) is 0 Å². The summed E-state index contributed by atoms with van der Waals surface area (Å²) in [6, 6.07) is 8.44. The number of morpholine rings is 1. The van der Waals surface area contributed by atoms with Gasteiger partial charge >= 0.3 is 0 Å². The lowest BCUT2D eigenvalue weighted by molar-refractivity contribution is -0.143. The van der Waals surface area contributed by atoms with Gasteiger partial charge in [0, 0.05) is 41.1 Å². The number of para-hydroxylation sites is 1. The topological polar surface area (TPSA) is 63.6 Å². The van der Waals surface area contributed by atoms with Gasteiger partial charge in [-0.1, -0.05) is 37.5 Å². The number of fused-ring (bicyclic) bond motifs is 1. The van der Waals surface area contributed by atoms with Crippen LogP contribution in [0.5, 0.6) is 0 Å². The second kappa shape index (κ2) is 10.1. The molecule has 2 heterocycles. The average Bonchev–Trinajstić information content (AvgIpc) is 3.10. The van der Waals surface area contributed by atoms with Gasteiger partial charge in [0.15, 0.2) is 0 Å². The van der Waals surface area contributed by atoms with E-state index in [1.54, 1.807) is 11.8 Å². The van der Waals surface area contributed by atoms with Gasteiger partial charge in [-0.15, -0.1) is 11.8 Å². The normalized spacial score (nSPS) is 22.6. The Kier molecular flexibility index (Phi) is 7.23. The average molecular weight is 444 g/mol. The molecule has 1 aliphatic heterocycles. The zero-order chi connectivity index (χ0) is 21.8. The summed E-state index contributed by atoms with van der Waals surface area (Å²) in [7, 11) is 0. The van der Waals surface area contributed by atoms with Crippen molar-refractivity contribution >= 4 is 34.5 Å². The molecule has 1 aromatic heterocycles. The van der Waals surface area contributed by atoms with E-state index in [-0.39, 0.29) is 24.0 Å². The Hall–Kier alpha value is -1.99. The molecule has 1 aliphatic carbocycles. The number of carbonyl (C=O) groups is 2. The number of ether oxygens (including phenoxy) is 1. The molecule has 1 N–H and O–H groups in total. The first-order valence-electron chi connectivity index (χ1n) is 11.4. The molecule has 0 unspecified atom stereocenters. The standard InChI is InChI=1S/C24H33N3O3S/c1-17-12-27(13-18(2)30-17)24(29)15-26-14-22(20-10-6-7-11-21(20)26)31-16-23(28)25-19-8-4-3-5-9-19/h6-7,10-11,14,17-19H,3-5,8-9,12-13,15-16H2,1-2H3,(H,25,28)/t17-,18+. The van der Waals surface area contributed by atoms with E-state index in [4.69, 9.17) is 4.74 Å². The highest BCUT2D eigenvalue weighted by atomic mass is 32.2. The molecule has 0 spiro atoms. The minimum absolute atomic E-state index is 0.0582. The van der Waals surface area contributed by atoms with Crippen LogP contribution in [0.25, 0.3) is 10.9 Å². The minimum atomic E-state index is 0.0582. The molecule has 6 nitrogen and oxygen atoms in total. The zero-order valence-electron chi connectivity index (χ0n) is 18.5. The lowest BCUT2D eigenvalue weighted by Crippen LogP contribution is -2.49. The quantitative estimate of drug-likeness (QED) is 0.690. The smallest absolute Gasteiger partial charge is 0.242 e. The summed E-state index contributed by atoms with van der Waals surface area (Å²) >= 11 is 1.55. The molecule has 168 valence electrons. The maximum absolute atomic E-state index is 13.0. The molecule has 2 aromatic rings. The Balaban J connectivity index is 1.42. The largest absolute Gasteiger partial charge is 0.372 e. The molecule has 1 aromatic carbocycles. The summed E-state index contributed by atoms with van der Waals surface area (Å²) in [5.74, 6) is 0.604. The number of hydrogen-bond acceptors (Lipinski definition) is 4. The van der Waals surface area contributed by atoms with Crippen LogP contribution in [0.1, 0.15) is 46.0 Å². The van der Waals surface area contributed by atoms with Crippen molar-refractivity contribution in [3.8, 4) is 0 Å². The van der Waals surface area contributed by atoms with Crippen LogP contribution in [0.4, 0.5) is 0 Å². The molecule has 7 heteroatoms. The highest BCUT2D eigenvalue weighted by Crippen LogP contribution is 2.30. The molecule has 0 bridgehead atoms. The third-order valence-electron chi connectivity index (χ3n) is 6.16. The summed E-state index contributed by atoms with van der Waals surface area (Å²) in [5, 5.41) is 4.28. The molecular formula is C24H33N3O3S. The number of nitrogens with one attached hydrogen (secondary N) is 1. The lowest BCUT2D eigenvalue weighted by Gasteiger charge is -2.35. The Morgan fingerprint density at radius 1 is 1.10 bits per heavy atom. The number of hydrogen-bond donors (Lipinski definition) is 1. The second-order valence-corrected chi connectivity index (χ2v) is 9.90. The van der Waals surface area contributed by atoms with E-state index in [1.807, 2.05) is 47.7 Å². The monoisotopic (exact) mass is 443 g/mol. The molecular weight excluding hydrogens is 410 g/mol. The van der Waals surface area contributed by atoms with E-state index in [2.05, 4.69) is 11.4 Å². The Bertz CT molecular complexity index is 912. The van der Waals surface area contributed by atoms with Crippen LogP contribution in [-0.4, -0.2) is 58.4 Å². The van der Waals surface area contributed by atoms with E-state index in [0.717, 1.165) is 28.6 Å². The van der Waals surface area contributed by atoms with E-state index in [9.17, 15) is 9.59 Å². The fourth-order valence-electron chi connectivity index (χ4n) is 4.75. The maximum atomic E-state index is 13.0. The van der Waals surface area contributed by atoms with E-state index < -0.39 is 0 Å². The van der Waals surface area contributed by atoms with E-state index in [0.29, 0.717) is 31.4 Å². The maximum Gasteiger partial charge on any atom is 0.242 e. The van der Waals surface area contributed by atoms with Gasteiger partial charge in [0.2, 0.25) is 11.8 Å². The summed E-state index contributed by atoms with van der Waals surface area (Å²) in [6.45, 7) is 5.58. The van der Waals surface area contributed by atoms with Gasteiger partial charge in [0.05, 0.1) is 18.0 Å². The Morgan fingerprint density at radius 3 is 2.55 bits per heavy atom. The van der Waals surface area contributed by atoms with Crippen molar-refractivity contribution in [2.75, 3.05) is 18.8 Å². The Labute approximate surface area is 188 Å². The highest BCUT2D eigenvalue weighted by Gasteiger charge is 2.26. The summed E-state index contributed by atoms with van der Waals surface area (Å²) in [4.78, 5) is 28.4. The molecule has 2 atom stereocenters. The molecule has 31 heavy (non-hydrogen) atoms. The molecule has 1 saturated heterocycles. The predicted molar refractivity (Wildman–Crippen MR) is 124 cm³/mol. The van der Waals surface area contributed by atoms with Crippen LogP contribution < -0.4 is 5.32 Å². The number of nitrogens with zero attached hydrogens (tertiary/aromatic N) is 2. The molecule has 0 radical (unpaired) electrons. The first-order valence-corrected chi connectivity index (χ1v) is 12.4. The van der Waals surface area contributed by atoms with Crippen molar-refractivity contribution in [1.82, 2.24) is 14.8 Å². The number of aromatic nitrogens is 1. The van der Waals surface area contributed by atoms with Crippen LogP contribution in [0.2, 0.25) is 0 Å². The fourth-order valence-corrected chi connectivity index (χ4v) is 5.65. The lowest BCUT2D eigenvalue weighted by atomic mass is 9.95. The van der Waals surface area contributed by atoms with Gasteiger partial charge < -0.3 is 19.5 Å². The summed E-state index contributed by atoms with van der Waals surface area (Å²) in [6.07, 6.45) is 8.02. The Morgan fingerprint density at radius 2 is 1.81 bits per heavy atom. The van der Waals surface area contributed by atoms with Gasteiger partial charge in [0.1, 0.15) is 6.54 Å². The van der Waals surface area contributed by atoms with Crippen molar-refractivity contribution in [2.45, 2.75) is 75.6 Å². The number of rotatable bonds is 6. The van der Waals surface area contributed by atoms with Crippen molar-refractivity contribution in [3.63, 3.8) is 0 Å². The number of thioether (sulfide) groups is 1. The van der Waals surface area contributed by atoms with Crippen molar-refractivity contribution < 1.29 is 14.3 Å². The molecule has 2 amide bonds. The first kappa shape index (κ1) is 22.2. The van der Waals surface area contributed by atoms with Crippen LogP contribution in [0.3, 0.4) is 0 Å². The molecule has 4 rings (SSSR count). The van der Waals surface area contributed by atoms with Crippen LogP contribution >= 0.6 is 11.8 Å². The van der Waals surface area contributed by atoms with Crippen molar-refractivity contribution in [3.05, 3.63) is 30.5 Å². The van der Waals surface area contributed by atoms with Gasteiger partial charge in [-0.05, 0) is 32.8 Å². The number of amides is 2. The van der Waals surface area contributed by atoms with Gasteiger partial charge in [-0.25, -0.2) is 0 Å². The molecule has 2 aliphatic rings. The van der Waals surface area contributed by atoms with E-state index >= 15 is 0 Å². The SMILES string of the molecule is C[C@@H]1CN(C(=O)Cn2cc(SCC(=O)NC3CCCCC3)c3ccccc32)C[C@H](C)O1. The zero-order valence-corrected chi connectivity index (χ0v) is 19.3. The third-order valence-corrected chi connectivity index (χ3v) is 7.20. The van der Waals surface area contributed by atoms with E-state index in [1.165, 1.54) is 19.3 Å². The fraction of sp³-hybridized carbons (Fsp3) is 0.583. The summed E-state index contributed by atoms with van der Waals surface area (Å²) < 4.78 is 7.78. The van der Waals surface area contributed by atoms with Gasteiger partial charge in [-0.3, -0.25) is 9.59 Å². The van der Waals surface area contributed by atoms with Crippen LogP contribution in [0, 0.1) is 0 Å². The van der Waals surface area contributed by atoms with Crippen LogP contribution in [0.15, 0.2) is 35.4 Å². The minimum Gasteiger partial charge on any atom is -0.372 e. The third kappa shape index (κ3) is 5.63. The van der Waals surface area contributed by atoms with Gasteiger partial charge in [0.25, 0.3) is 0 Å². The predicted octanol–water partition coefficient (Wildman–Crippen LogP) is 3.82. The summed E-state index contributed by atoms with van der Waals surface area (Å²) in [5.41, 5.74) is 1.03.